The van der Waals surface area contributed by atoms with Gasteiger partial charge in [0.1, 0.15) is 17.7 Å². The van der Waals surface area contributed by atoms with Crippen LogP contribution in [-0.2, 0) is 16.0 Å². The molecule has 1 N–H and O–H groups in total. The number of ether oxygens (including phenoxy) is 2. The quantitative estimate of drug-likeness (QED) is 0.567. The van der Waals surface area contributed by atoms with E-state index in [-0.39, 0.29) is 18.2 Å². The monoisotopic (exact) mass is 406 g/mol. The number of halogens is 1. The van der Waals surface area contributed by atoms with Gasteiger partial charge in [0.05, 0.1) is 12.2 Å². The molecule has 0 amide bonds. The van der Waals surface area contributed by atoms with Gasteiger partial charge >= 0.3 is 5.97 Å². The van der Waals surface area contributed by atoms with Crippen LogP contribution < -0.4 is 4.74 Å². The van der Waals surface area contributed by atoms with Crippen LogP contribution >= 0.6 is 0 Å². The number of carbonyl (C=O) groups excluding carboxylic acids is 1. The lowest BCUT2D eigenvalue weighted by atomic mass is 9.85. The highest BCUT2D eigenvalue weighted by Crippen LogP contribution is 2.34. The molecule has 3 rings (SSSR count). The molecule has 162 valence electrons. The van der Waals surface area contributed by atoms with E-state index in [1.54, 1.807) is 6.07 Å². The molecule has 0 aromatic heterocycles. The van der Waals surface area contributed by atoms with Gasteiger partial charge in [-0.25, -0.2) is 4.39 Å². The zero-order valence-electron chi connectivity index (χ0n) is 17.8. The number of carbonyl (C=O) groups is 1. The molecular weight excluding hydrogens is 371 g/mol. The Labute approximate surface area is 173 Å². The van der Waals surface area contributed by atoms with Crippen LogP contribution in [0.25, 0.3) is 0 Å². The standard InChI is InChI=1S/C24H35FO4/c1-3-5-16-6-9-19(10-7-16)29-24(27)13-12-18-11-8-17-14-20(22(26)4-2)21(25)15-23(17)28-18/h14-16,18-19,22,26H,3-13H2,1-2H3. The molecule has 0 saturated heterocycles. The molecular formula is C24H35FO4. The Hall–Kier alpha value is -1.62. The van der Waals surface area contributed by atoms with Crippen LogP contribution in [0.5, 0.6) is 5.75 Å². The Morgan fingerprint density at radius 2 is 1.97 bits per heavy atom. The minimum atomic E-state index is -0.787. The van der Waals surface area contributed by atoms with Gasteiger partial charge in [0.2, 0.25) is 0 Å². The van der Waals surface area contributed by atoms with Crippen LogP contribution in [0.1, 0.15) is 95.3 Å². The SMILES string of the molecule is CCCC1CCC(OC(=O)CCC2CCc3cc(C(O)CC)c(F)cc3O2)CC1. The summed E-state index contributed by atoms with van der Waals surface area (Å²) in [5.74, 6) is 0.751. The van der Waals surface area contributed by atoms with Gasteiger partial charge in [0.25, 0.3) is 0 Å². The molecule has 5 heteroatoms. The van der Waals surface area contributed by atoms with E-state index in [0.29, 0.717) is 30.6 Å². The predicted octanol–water partition coefficient (Wildman–Crippen LogP) is 5.65. The van der Waals surface area contributed by atoms with Crippen molar-refractivity contribution in [3.05, 3.63) is 29.1 Å². The lowest BCUT2D eigenvalue weighted by Crippen LogP contribution is -2.27. The van der Waals surface area contributed by atoms with Gasteiger partial charge in [-0.15, -0.1) is 0 Å². The van der Waals surface area contributed by atoms with E-state index in [0.717, 1.165) is 50.0 Å². The Balaban J connectivity index is 1.44. The smallest absolute Gasteiger partial charge is 0.306 e. The van der Waals surface area contributed by atoms with E-state index in [1.807, 2.05) is 6.92 Å². The molecule has 4 nitrogen and oxygen atoms in total. The fourth-order valence-electron chi connectivity index (χ4n) is 4.63. The maximum atomic E-state index is 14.3. The summed E-state index contributed by atoms with van der Waals surface area (Å²) < 4.78 is 25.9. The molecule has 2 aliphatic rings. The van der Waals surface area contributed by atoms with Crippen LogP contribution in [-0.4, -0.2) is 23.3 Å². The van der Waals surface area contributed by atoms with Crippen molar-refractivity contribution in [2.75, 3.05) is 0 Å². The summed E-state index contributed by atoms with van der Waals surface area (Å²) >= 11 is 0. The summed E-state index contributed by atoms with van der Waals surface area (Å²) in [4.78, 5) is 12.2. The van der Waals surface area contributed by atoms with E-state index in [1.165, 1.54) is 18.9 Å². The average Bonchev–Trinajstić information content (AvgIpc) is 2.72. The number of hydrogen-bond acceptors (Lipinski definition) is 4. The van der Waals surface area contributed by atoms with E-state index in [2.05, 4.69) is 6.92 Å². The third-order valence-electron chi connectivity index (χ3n) is 6.41. The third-order valence-corrected chi connectivity index (χ3v) is 6.41. The lowest BCUT2D eigenvalue weighted by Gasteiger charge is -2.29. The second kappa shape index (κ2) is 10.4. The Morgan fingerprint density at radius 3 is 2.66 bits per heavy atom. The van der Waals surface area contributed by atoms with Gasteiger partial charge in [0.15, 0.2) is 0 Å². The number of fused-ring (bicyclic) bond motifs is 1. The molecule has 1 aliphatic carbocycles. The molecule has 2 atom stereocenters. The third kappa shape index (κ3) is 5.94. The van der Waals surface area contributed by atoms with Gasteiger partial charge in [0, 0.05) is 18.1 Å². The molecule has 1 saturated carbocycles. The fraction of sp³-hybridized carbons (Fsp3) is 0.708. The molecule has 1 fully saturated rings. The van der Waals surface area contributed by atoms with Crippen LogP contribution in [0.15, 0.2) is 12.1 Å². The van der Waals surface area contributed by atoms with Crippen LogP contribution in [0.3, 0.4) is 0 Å². The van der Waals surface area contributed by atoms with Crippen LogP contribution in [0.2, 0.25) is 0 Å². The van der Waals surface area contributed by atoms with Crippen molar-refractivity contribution in [3.63, 3.8) is 0 Å². The minimum Gasteiger partial charge on any atom is -0.490 e. The summed E-state index contributed by atoms with van der Waals surface area (Å²) in [6.45, 7) is 4.05. The van der Waals surface area contributed by atoms with Crippen molar-refractivity contribution in [3.8, 4) is 5.75 Å². The van der Waals surface area contributed by atoms with E-state index in [9.17, 15) is 14.3 Å². The first-order chi connectivity index (χ1) is 14.0. The molecule has 29 heavy (non-hydrogen) atoms. The van der Waals surface area contributed by atoms with Crippen LogP contribution in [0, 0.1) is 11.7 Å². The largest absolute Gasteiger partial charge is 0.490 e. The molecule has 0 spiro atoms. The van der Waals surface area contributed by atoms with E-state index in [4.69, 9.17) is 9.47 Å². The van der Waals surface area contributed by atoms with Crippen molar-refractivity contribution in [1.82, 2.24) is 0 Å². The van der Waals surface area contributed by atoms with Gasteiger partial charge in [-0.2, -0.15) is 0 Å². The van der Waals surface area contributed by atoms with Crippen molar-refractivity contribution >= 4 is 5.97 Å². The lowest BCUT2D eigenvalue weighted by molar-refractivity contribution is -0.151. The number of aliphatic hydroxyl groups is 1. The second-order valence-electron chi connectivity index (χ2n) is 8.64. The summed E-state index contributed by atoms with van der Waals surface area (Å²) in [6.07, 6.45) is 8.92. The first-order valence-corrected chi connectivity index (χ1v) is 11.4. The normalized spacial score (nSPS) is 25.0. The summed E-state index contributed by atoms with van der Waals surface area (Å²) in [6, 6.07) is 3.10. The maximum absolute atomic E-state index is 14.3. The molecule has 1 aromatic carbocycles. The number of hydrogen-bond donors (Lipinski definition) is 1. The Morgan fingerprint density at radius 1 is 1.21 bits per heavy atom. The topological polar surface area (TPSA) is 55.8 Å². The predicted molar refractivity (Wildman–Crippen MR) is 110 cm³/mol. The van der Waals surface area contributed by atoms with Gasteiger partial charge < -0.3 is 14.6 Å². The molecule has 1 aliphatic heterocycles. The fourth-order valence-corrected chi connectivity index (χ4v) is 4.63. The summed E-state index contributed by atoms with van der Waals surface area (Å²) in [5.41, 5.74) is 1.27. The van der Waals surface area contributed by atoms with Crippen LogP contribution in [0.4, 0.5) is 4.39 Å². The zero-order chi connectivity index (χ0) is 20.8. The van der Waals surface area contributed by atoms with Crippen molar-refractivity contribution in [1.29, 1.82) is 0 Å². The number of benzene rings is 1. The molecule has 0 bridgehead atoms. The number of aliphatic hydroxyl groups excluding tert-OH is 1. The highest BCUT2D eigenvalue weighted by molar-refractivity contribution is 5.69. The maximum Gasteiger partial charge on any atom is 0.306 e. The molecule has 2 unspecified atom stereocenters. The average molecular weight is 407 g/mol. The second-order valence-corrected chi connectivity index (χ2v) is 8.64. The summed E-state index contributed by atoms with van der Waals surface area (Å²) in [5, 5.41) is 9.95. The Kier molecular flexibility index (Phi) is 7.93. The highest BCUT2D eigenvalue weighted by Gasteiger charge is 2.26. The molecule has 0 radical (unpaired) electrons. The first kappa shape index (κ1) is 22.1. The van der Waals surface area contributed by atoms with Gasteiger partial charge in [-0.1, -0.05) is 26.7 Å². The first-order valence-electron chi connectivity index (χ1n) is 11.4. The van der Waals surface area contributed by atoms with Gasteiger partial charge in [-0.05, 0) is 68.9 Å². The van der Waals surface area contributed by atoms with Gasteiger partial charge in [-0.3, -0.25) is 4.79 Å². The molecule has 1 heterocycles. The zero-order valence-corrected chi connectivity index (χ0v) is 17.8. The Bertz CT molecular complexity index is 682. The minimum absolute atomic E-state index is 0.0705. The number of aryl methyl sites for hydroxylation is 1. The van der Waals surface area contributed by atoms with E-state index >= 15 is 0 Å². The van der Waals surface area contributed by atoms with Crippen molar-refractivity contribution in [2.24, 2.45) is 5.92 Å². The highest BCUT2D eigenvalue weighted by atomic mass is 19.1. The molecule has 1 aromatic rings. The van der Waals surface area contributed by atoms with Crippen molar-refractivity contribution in [2.45, 2.75) is 103 Å². The van der Waals surface area contributed by atoms with Crippen molar-refractivity contribution < 1.29 is 23.8 Å². The van der Waals surface area contributed by atoms with E-state index < -0.39 is 11.9 Å². The summed E-state index contributed by atoms with van der Waals surface area (Å²) in [7, 11) is 0. The number of rotatable bonds is 8. The number of esters is 1.